The molecule has 0 spiro atoms. The van der Waals surface area contributed by atoms with Gasteiger partial charge in [0.1, 0.15) is 0 Å². The number of ether oxygens (including phenoxy) is 1. The fourth-order valence-electron chi connectivity index (χ4n) is 3.16. The van der Waals surface area contributed by atoms with Gasteiger partial charge in [-0.15, -0.1) is 5.10 Å². The molecule has 3 atom stereocenters. The molecule has 3 heterocycles. The van der Waals surface area contributed by atoms with Crippen LogP contribution in [0.1, 0.15) is 29.6 Å². The molecule has 0 unspecified atom stereocenters. The molecule has 2 fully saturated rings. The van der Waals surface area contributed by atoms with Crippen LogP contribution in [0.5, 0.6) is 0 Å². The molecule has 4 rings (SSSR count). The number of aromatic nitrogens is 2. The summed E-state index contributed by atoms with van der Waals surface area (Å²) in [6.45, 7) is 0. The molecule has 2 aliphatic rings. The lowest BCUT2D eigenvalue weighted by Crippen LogP contribution is -2.41. The van der Waals surface area contributed by atoms with E-state index >= 15 is 0 Å². The predicted octanol–water partition coefficient (Wildman–Crippen LogP) is 2.45. The first kappa shape index (κ1) is 13.7. The average molecular weight is 317 g/mol. The fourth-order valence-corrected chi connectivity index (χ4v) is 3.28. The van der Waals surface area contributed by atoms with Crippen molar-refractivity contribution in [2.24, 2.45) is 0 Å². The summed E-state index contributed by atoms with van der Waals surface area (Å²) in [4.78, 5) is 12.5. The van der Waals surface area contributed by atoms with Crippen LogP contribution in [0.25, 0.3) is 11.5 Å². The van der Waals surface area contributed by atoms with Crippen LogP contribution in [0.3, 0.4) is 0 Å². The van der Waals surface area contributed by atoms with E-state index < -0.39 is 0 Å². The first-order valence-electron chi connectivity index (χ1n) is 7.31. The Morgan fingerprint density at radius 2 is 2.14 bits per heavy atom. The number of hydrogen-bond donors (Lipinski definition) is 2. The van der Waals surface area contributed by atoms with Gasteiger partial charge in [-0.3, -0.25) is 4.79 Å². The molecule has 114 valence electrons. The van der Waals surface area contributed by atoms with Gasteiger partial charge in [-0.25, -0.2) is 5.10 Å². The van der Waals surface area contributed by atoms with E-state index in [0.717, 1.165) is 24.8 Å². The van der Waals surface area contributed by atoms with Crippen molar-refractivity contribution in [1.82, 2.24) is 15.5 Å². The van der Waals surface area contributed by atoms with E-state index in [1.807, 2.05) is 0 Å². The Kier molecular flexibility index (Phi) is 3.31. The number of amides is 1. The number of benzene rings is 1. The Bertz CT molecular complexity index is 752. The van der Waals surface area contributed by atoms with Gasteiger partial charge in [0, 0.05) is 11.1 Å². The number of nitrogens with one attached hydrogen (secondary N) is 2. The summed E-state index contributed by atoms with van der Waals surface area (Å²) in [6, 6.07) is 7.23. The van der Waals surface area contributed by atoms with Gasteiger partial charge >= 0.3 is 0 Å². The minimum Gasteiger partial charge on any atom is -0.409 e. The van der Waals surface area contributed by atoms with Gasteiger partial charge in [0.25, 0.3) is 10.7 Å². The highest BCUT2D eigenvalue weighted by molar-refractivity contribution is 7.71. The molecule has 6 nitrogen and oxygen atoms in total. The number of aromatic amines is 1. The summed E-state index contributed by atoms with van der Waals surface area (Å²) in [5.41, 5.74) is 1.38. The van der Waals surface area contributed by atoms with E-state index in [1.54, 1.807) is 24.3 Å². The number of hydrogen-bond acceptors (Lipinski definition) is 5. The molecule has 1 aromatic heterocycles. The molecule has 22 heavy (non-hydrogen) atoms. The van der Waals surface area contributed by atoms with Gasteiger partial charge < -0.3 is 14.5 Å². The number of fused-ring (bicyclic) bond motifs is 2. The molecule has 1 amide bonds. The summed E-state index contributed by atoms with van der Waals surface area (Å²) >= 11 is 4.85. The first-order valence-corrected chi connectivity index (χ1v) is 7.72. The Balaban J connectivity index is 1.46. The second-order valence-electron chi connectivity index (χ2n) is 5.69. The van der Waals surface area contributed by atoms with Crippen molar-refractivity contribution in [2.75, 3.05) is 0 Å². The number of carbonyl (C=O) groups is 1. The summed E-state index contributed by atoms with van der Waals surface area (Å²) < 4.78 is 11.0. The third kappa shape index (κ3) is 2.46. The lowest BCUT2D eigenvalue weighted by Gasteiger charge is -2.20. The summed E-state index contributed by atoms with van der Waals surface area (Å²) in [6.07, 6.45) is 3.58. The Morgan fingerprint density at radius 1 is 1.32 bits per heavy atom. The van der Waals surface area contributed by atoms with Crippen LogP contribution in [-0.2, 0) is 4.74 Å². The van der Waals surface area contributed by atoms with Crippen molar-refractivity contribution in [3.05, 3.63) is 34.7 Å². The van der Waals surface area contributed by atoms with Crippen molar-refractivity contribution in [1.29, 1.82) is 0 Å². The van der Waals surface area contributed by atoms with Gasteiger partial charge in [-0.05, 0) is 55.7 Å². The molecule has 2 aliphatic heterocycles. The third-order valence-electron chi connectivity index (χ3n) is 4.25. The maximum atomic E-state index is 12.3. The van der Waals surface area contributed by atoms with E-state index in [-0.39, 0.29) is 22.9 Å². The van der Waals surface area contributed by atoms with E-state index in [0.29, 0.717) is 17.6 Å². The molecule has 1 aromatic carbocycles. The molecular weight excluding hydrogens is 302 g/mol. The zero-order valence-electron chi connectivity index (χ0n) is 11.7. The Labute approximate surface area is 131 Å². The highest BCUT2D eigenvalue weighted by Crippen LogP contribution is 2.34. The standard InChI is InChI=1S/C15H15N3O3S/c19-13(16-11-7-10-5-6-12(11)20-10)8-1-3-9(4-2-8)14-17-18-15(22)21-14/h1-4,10-12H,5-7H2,(H,16,19)(H,18,22)/t10-,11+,12-/m1/s1. The zero-order chi connectivity index (χ0) is 15.1. The number of nitrogens with zero attached hydrogens (tertiary/aromatic N) is 1. The molecule has 0 saturated carbocycles. The van der Waals surface area contributed by atoms with Crippen molar-refractivity contribution < 1.29 is 13.9 Å². The molecule has 2 aromatic rings. The van der Waals surface area contributed by atoms with Crippen LogP contribution in [0.15, 0.2) is 28.7 Å². The second kappa shape index (κ2) is 5.33. The highest BCUT2D eigenvalue weighted by atomic mass is 32.1. The van der Waals surface area contributed by atoms with E-state index in [9.17, 15) is 4.79 Å². The number of rotatable bonds is 3. The molecular formula is C15H15N3O3S. The van der Waals surface area contributed by atoms with Crippen LogP contribution in [0.2, 0.25) is 0 Å². The SMILES string of the molecule is O=C(N[C@H]1C[C@H]2CC[C@H]1O2)c1ccc(-c2n[nH]c(=S)o2)cc1. The van der Waals surface area contributed by atoms with Crippen LogP contribution in [-0.4, -0.2) is 34.4 Å². The minimum absolute atomic E-state index is 0.0735. The average Bonchev–Trinajstić information content (AvgIpc) is 3.24. The van der Waals surface area contributed by atoms with Crippen LogP contribution in [0.4, 0.5) is 0 Å². The monoisotopic (exact) mass is 317 g/mol. The molecule has 2 bridgehead atoms. The summed E-state index contributed by atoms with van der Waals surface area (Å²) in [5, 5.41) is 9.59. The lowest BCUT2D eigenvalue weighted by molar-refractivity contribution is 0.0841. The smallest absolute Gasteiger partial charge is 0.284 e. The van der Waals surface area contributed by atoms with Crippen LogP contribution in [0, 0.1) is 4.84 Å². The minimum atomic E-state index is -0.0735. The Morgan fingerprint density at radius 3 is 2.73 bits per heavy atom. The van der Waals surface area contributed by atoms with Gasteiger partial charge in [0.15, 0.2) is 0 Å². The summed E-state index contributed by atoms with van der Waals surface area (Å²) in [7, 11) is 0. The van der Waals surface area contributed by atoms with Crippen molar-refractivity contribution >= 4 is 18.1 Å². The van der Waals surface area contributed by atoms with Crippen LogP contribution < -0.4 is 5.32 Å². The van der Waals surface area contributed by atoms with Gasteiger partial charge in [0.2, 0.25) is 5.89 Å². The van der Waals surface area contributed by atoms with E-state index in [1.165, 1.54) is 0 Å². The lowest BCUT2D eigenvalue weighted by atomic mass is 9.95. The first-order chi connectivity index (χ1) is 10.7. The normalized spacial score (nSPS) is 26.3. The van der Waals surface area contributed by atoms with Crippen molar-refractivity contribution in [2.45, 2.75) is 37.5 Å². The third-order valence-corrected chi connectivity index (χ3v) is 4.43. The maximum absolute atomic E-state index is 12.3. The molecule has 0 aliphatic carbocycles. The number of H-pyrrole nitrogens is 1. The van der Waals surface area contributed by atoms with Gasteiger partial charge in [-0.1, -0.05) is 0 Å². The Hall–Kier alpha value is -1.99. The molecule has 2 N–H and O–H groups in total. The zero-order valence-corrected chi connectivity index (χ0v) is 12.6. The maximum Gasteiger partial charge on any atom is 0.284 e. The second-order valence-corrected chi connectivity index (χ2v) is 6.06. The van der Waals surface area contributed by atoms with Gasteiger partial charge in [-0.2, -0.15) is 0 Å². The topological polar surface area (TPSA) is 80.1 Å². The molecule has 2 saturated heterocycles. The summed E-state index contributed by atoms with van der Waals surface area (Å²) in [5.74, 6) is 0.342. The fraction of sp³-hybridized carbons (Fsp3) is 0.400. The largest absolute Gasteiger partial charge is 0.409 e. The van der Waals surface area contributed by atoms with Gasteiger partial charge in [0.05, 0.1) is 18.2 Å². The van der Waals surface area contributed by atoms with E-state index in [2.05, 4.69) is 15.5 Å². The predicted molar refractivity (Wildman–Crippen MR) is 80.9 cm³/mol. The van der Waals surface area contributed by atoms with Crippen molar-refractivity contribution in [3.63, 3.8) is 0 Å². The molecule has 0 radical (unpaired) electrons. The molecule has 7 heteroatoms. The quantitative estimate of drug-likeness (QED) is 0.850. The number of carbonyl (C=O) groups excluding carboxylic acids is 1. The van der Waals surface area contributed by atoms with Crippen LogP contribution >= 0.6 is 12.2 Å². The van der Waals surface area contributed by atoms with Crippen molar-refractivity contribution in [3.8, 4) is 11.5 Å². The highest BCUT2D eigenvalue weighted by Gasteiger charge is 2.41. The van der Waals surface area contributed by atoms with E-state index in [4.69, 9.17) is 21.4 Å².